The van der Waals surface area contributed by atoms with Gasteiger partial charge in [-0.3, -0.25) is 0 Å². The largest absolute Gasteiger partial charge is 0.166 e. The van der Waals surface area contributed by atoms with Crippen LogP contribution in [0, 0.1) is 0 Å². The van der Waals surface area contributed by atoms with Gasteiger partial charge < -0.3 is 0 Å². The molecule has 3 heteroatoms. The first-order chi connectivity index (χ1) is 13.5. The third-order valence-electron chi connectivity index (χ3n) is 5.41. The standard InChI is InChI=1S/C25H26P2S/c1-26(2)21-15-13-17-9-5-7-11-19(17)23(21)25(28)24-20-12-8-6-10-18(20)14-16-22(24)27(3)4/h5-16,25,28H,1-4H3. The van der Waals surface area contributed by atoms with Gasteiger partial charge in [0.2, 0.25) is 0 Å². The van der Waals surface area contributed by atoms with Crippen molar-refractivity contribution >= 4 is 60.6 Å². The van der Waals surface area contributed by atoms with Crippen molar-refractivity contribution in [1.29, 1.82) is 0 Å². The highest BCUT2D eigenvalue weighted by atomic mass is 32.1. The lowest BCUT2D eigenvalue weighted by atomic mass is 9.94. The molecule has 0 heterocycles. The molecule has 0 nitrogen and oxygen atoms in total. The maximum atomic E-state index is 5.31. The molecular weight excluding hydrogens is 394 g/mol. The van der Waals surface area contributed by atoms with Crippen LogP contribution in [0.3, 0.4) is 0 Å². The second-order valence-electron chi connectivity index (χ2n) is 7.63. The Morgan fingerprint density at radius 3 is 1.36 bits per heavy atom. The molecule has 0 radical (unpaired) electrons. The van der Waals surface area contributed by atoms with E-state index in [0.717, 1.165) is 0 Å². The Balaban J connectivity index is 2.07. The van der Waals surface area contributed by atoms with E-state index in [1.54, 1.807) is 0 Å². The molecule has 0 amide bonds. The van der Waals surface area contributed by atoms with E-state index >= 15 is 0 Å². The van der Waals surface area contributed by atoms with Gasteiger partial charge in [-0.15, -0.1) is 0 Å². The summed E-state index contributed by atoms with van der Waals surface area (Å²) >= 11 is 5.31. The Bertz CT molecular complexity index is 1060. The lowest BCUT2D eigenvalue weighted by Gasteiger charge is -2.25. The number of benzene rings is 4. The molecule has 4 aromatic rings. The van der Waals surface area contributed by atoms with Crippen LogP contribution >= 0.6 is 28.5 Å². The van der Waals surface area contributed by atoms with Gasteiger partial charge in [-0.1, -0.05) is 88.6 Å². The van der Waals surface area contributed by atoms with Gasteiger partial charge in [0.15, 0.2) is 0 Å². The Morgan fingerprint density at radius 2 is 0.964 bits per heavy atom. The second kappa shape index (κ2) is 8.16. The summed E-state index contributed by atoms with van der Waals surface area (Å²) in [6, 6.07) is 26.7. The van der Waals surface area contributed by atoms with E-state index in [1.165, 1.54) is 43.3 Å². The fraction of sp³-hybridized carbons (Fsp3) is 0.200. The average molecular weight is 420 g/mol. The van der Waals surface area contributed by atoms with Crippen molar-refractivity contribution in [2.45, 2.75) is 5.25 Å². The molecule has 4 aromatic carbocycles. The summed E-state index contributed by atoms with van der Waals surface area (Å²) in [4.78, 5) is 0. The van der Waals surface area contributed by atoms with Crippen molar-refractivity contribution in [3.05, 3.63) is 83.9 Å². The predicted octanol–water partition coefficient (Wildman–Crippen LogP) is 6.75. The Morgan fingerprint density at radius 1 is 0.571 bits per heavy atom. The van der Waals surface area contributed by atoms with Gasteiger partial charge in [0.05, 0.1) is 5.25 Å². The third kappa shape index (κ3) is 3.50. The Hall–Kier alpha value is -1.39. The highest BCUT2D eigenvalue weighted by Crippen LogP contribution is 2.42. The van der Waals surface area contributed by atoms with Gasteiger partial charge in [0.1, 0.15) is 0 Å². The van der Waals surface area contributed by atoms with Crippen LogP contribution in [0.1, 0.15) is 16.4 Å². The van der Waals surface area contributed by atoms with Crippen LogP contribution in [-0.4, -0.2) is 26.7 Å². The minimum atomic E-state index is -0.224. The molecule has 0 aliphatic carbocycles. The van der Waals surface area contributed by atoms with Crippen LogP contribution < -0.4 is 10.6 Å². The fourth-order valence-corrected chi connectivity index (χ4v) is 7.04. The molecule has 0 N–H and O–H groups in total. The van der Waals surface area contributed by atoms with Crippen LogP contribution in [0.2, 0.25) is 0 Å². The molecule has 142 valence electrons. The summed E-state index contributed by atoms with van der Waals surface area (Å²) in [6.45, 7) is 9.39. The van der Waals surface area contributed by atoms with Gasteiger partial charge in [0, 0.05) is 0 Å². The number of rotatable bonds is 4. The average Bonchev–Trinajstić information content (AvgIpc) is 2.71. The molecule has 4 rings (SSSR count). The van der Waals surface area contributed by atoms with Gasteiger partial charge in [-0.05, 0) is 69.9 Å². The lowest BCUT2D eigenvalue weighted by molar-refractivity contribution is 1.24. The molecule has 28 heavy (non-hydrogen) atoms. The number of thiol groups is 1. The monoisotopic (exact) mass is 420 g/mol. The van der Waals surface area contributed by atoms with Crippen LogP contribution in [0.15, 0.2) is 72.8 Å². The zero-order valence-electron chi connectivity index (χ0n) is 16.8. The zero-order chi connectivity index (χ0) is 19.8. The van der Waals surface area contributed by atoms with Crippen LogP contribution in [0.25, 0.3) is 21.5 Å². The van der Waals surface area contributed by atoms with E-state index in [-0.39, 0.29) is 21.1 Å². The first kappa shape index (κ1) is 19.9. The quantitative estimate of drug-likeness (QED) is 0.274. The van der Waals surface area contributed by atoms with Crippen LogP contribution in [0.5, 0.6) is 0 Å². The summed E-state index contributed by atoms with van der Waals surface area (Å²) in [7, 11) is -0.448. The van der Waals surface area contributed by atoms with Crippen molar-refractivity contribution in [2.75, 3.05) is 26.7 Å². The fourth-order valence-electron chi connectivity index (χ4n) is 4.07. The smallest absolute Gasteiger partial charge is 0.0541 e. The van der Waals surface area contributed by atoms with Crippen molar-refractivity contribution in [3.8, 4) is 0 Å². The molecule has 0 unspecified atom stereocenters. The zero-order valence-corrected chi connectivity index (χ0v) is 19.5. The summed E-state index contributed by atoms with van der Waals surface area (Å²) in [5, 5.41) is 8.27. The summed E-state index contributed by atoms with van der Waals surface area (Å²) in [5.41, 5.74) is 2.79. The summed E-state index contributed by atoms with van der Waals surface area (Å²) in [6.07, 6.45) is 0. The molecule has 0 spiro atoms. The van der Waals surface area contributed by atoms with Crippen molar-refractivity contribution < 1.29 is 0 Å². The van der Waals surface area contributed by atoms with Crippen molar-refractivity contribution in [2.24, 2.45) is 0 Å². The molecule has 0 bridgehead atoms. The van der Waals surface area contributed by atoms with E-state index in [1.807, 2.05) is 0 Å². The van der Waals surface area contributed by atoms with E-state index in [9.17, 15) is 0 Å². The number of hydrogen-bond acceptors (Lipinski definition) is 1. The highest BCUT2D eigenvalue weighted by Gasteiger charge is 2.23. The van der Waals surface area contributed by atoms with E-state index < -0.39 is 0 Å². The SMILES string of the molecule is CP(C)c1ccc2ccccc2c1C(S)c1c(P(C)C)ccc2ccccc12. The Labute approximate surface area is 176 Å². The van der Waals surface area contributed by atoms with E-state index in [2.05, 4.69) is 99.5 Å². The predicted molar refractivity (Wildman–Crippen MR) is 136 cm³/mol. The maximum absolute atomic E-state index is 5.31. The van der Waals surface area contributed by atoms with Gasteiger partial charge in [-0.2, -0.15) is 12.6 Å². The van der Waals surface area contributed by atoms with Crippen molar-refractivity contribution in [3.63, 3.8) is 0 Å². The van der Waals surface area contributed by atoms with Crippen LogP contribution in [0.4, 0.5) is 0 Å². The normalized spacial score (nSPS) is 12.0. The third-order valence-corrected chi connectivity index (χ3v) is 8.63. The van der Waals surface area contributed by atoms with Gasteiger partial charge >= 0.3 is 0 Å². The molecule has 0 saturated carbocycles. The van der Waals surface area contributed by atoms with Crippen LogP contribution in [-0.2, 0) is 0 Å². The van der Waals surface area contributed by atoms with Crippen molar-refractivity contribution in [1.82, 2.24) is 0 Å². The van der Waals surface area contributed by atoms with E-state index in [0.29, 0.717) is 0 Å². The lowest BCUT2D eigenvalue weighted by Crippen LogP contribution is -2.17. The molecule has 0 aromatic heterocycles. The Kier molecular flexibility index (Phi) is 5.80. The molecular formula is C25H26P2S. The van der Waals surface area contributed by atoms with Gasteiger partial charge in [0.25, 0.3) is 0 Å². The van der Waals surface area contributed by atoms with Gasteiger partial charge in [-0.25, -0.2) is 0 Å². The topological polar surface area (TPSA) is 0 Å². The first-order valence-electron chi connectivity index (χ1n) is 9.55. The molecule has 0 fully saturated rings. The molecule has 0 atom stereocenters. The highest BCUT2D eigenvalue weighted by molar-refractivity contribution is 7.81. The summed E-state index contributed by atoms with van der Waals surface area (Å²) in [5.74, 6) is 0. The minimum absolute atomic E-state index is 0.0667. The second-order valence-corrected chi connectivity index (χ2v) is 12.7. The van der Waals surface area contributed by atoms with E-state index in [4.69, 9.17) is 12.6 Å². The minimum Gasteiger partial charge on any atom is -0.166 e. The molecule has 0 aliphatic heterocycles. The molecule has 0 saturated heterocycles. The number of fused-ring (bicyclic) bond motifs is 2. The summed E-state index contributed by atoms with van der Waals surface area (Å²) < 4.78 is 0. The first-order valence-corrected chi connectivity index (χ1v) is 14.5. The molecule has 0 aliphatic rings. The number of hydrogen-bond donors (Lipinski definition) is 1. The maximum Gasteiger partial charge on any atom is 0.0541 e.